The normalized spacial score (nSPS) is 14.6. The third kappa shape index (κ3) is 6.79. The van der Waals surface area contributed by atoms with E-state index in [0.717, 1.165) is 17.1 Å². The van der Waals surface area contributed by atoms with Gasteiger partial charge in [-0.3, -0.25) is 0 Å². The van der Waals surface area contributed by atoms with Crippen LogP contribution in [0.1, 0.15) is 126 Å². The molecule has 1 spiro atoms. The van der Waals surface area contributed by atoms with E-state index in [1.807, 2.05) is 0 Å². The molecule has 3 aliphatic carbocycles. The monoisotopic (exact) mass is 920 g/mol. The van der Waals surface area contributed by atoms with Crippen LogP contribution in [0.4, 0.5) is 17.1 Å². The summed E-state index contributed by atoms with van der Waals surface area (Å²) in [7, 11) is 0. The Balaban J connectivity index is 1.05. The van der Waals surface area contributed by atoms with Gasteiger partial charge in [-0.2, -0.15) is 0 Å². The molecule has 0 saturated heterocycles. The van der Waals surface area contributed by atoms with Gasteiger partial charge in [0.15, 0.2) is 0 Å². The predicted molar refractivity (Wildman–Crippen MR) is 302 cm³/mol. The van der Waals surface area contributed by atoms with Crippen molar-refractivity contribution in [3.63, 3.8) is 0 Å². The number of nitrogens with zero attached hydrogens (tertiary/aromatic N) is 1. The van der Waals surface area contributed by atoms with Crippen LogP contribution in [0.2, 0.25) is 0 Å². The quantitative estimate of drug-likeness (QED) is 0.166. The molecule has 3 aliphatic rings. The summed E-state index contributed by atoms with van der Waals surface area (Å²) in [6, 6.07) is 74.5. The Morgan fingerprint density at radius 2 is 0.761 bits per heavy atom. The van der Waals surface area contributed by atoms with Gasteiger partial charge in [0, 0.05) is 22.5 Å². The first-order chi connectivity index (χ1) is 33.9. The van der Waals surface area contributed by atoms with Gasteiger partial charge in [-0.1, -0.05) is 228 Å². The molecule has 0 aliphatic heterocycles. The number of fused-ring (bicyclic) bond motifs is 13. The average Bonchev–Trinajstić information content (AvgIpc) is 3.91. The fourth-order valence-corrected chi connectivity index (χ4v) is 12.6. The number of hydrogen-bond donors (Lipinski definition) is 0. The molecule has 9 aromatic rings. The summed E-state index contributed by atoms with van der Waals surface area (Å²) in [5.41, 5.74) is 28.1. The van der Waals surface area contributed by atoms with E-state index in [0.29, 0.717) is 0 Å². The van der Waals surface area contributed by atoms with Crippen LogP contribution in [0.15, 0.2) is 194 Å². The summed E-state index contributed by atoms with van der Waals surface area (Å²) in [5.74, 6) is 0. The van der Waals surface area contributed by atoms with E-state index in [-0.39, 0.29) is 21.7 Å². The zero-order valence-electron chi connectivity index (χ0n) is 43.4. The molecule has 1 heteroatoms. The molecule has 0 unspecified atom stereocenters. The van der Waals surface area contributed by atoms with E-state index in [9.17, 15) is 0 Å². The highest BCUT2D eigenvalue weighted by atomic mass is 15.1. The van der Waals surface area contributed by atoms with Crippen LogP contribution in [0, 0.1) is 0 Å². The Morgan fingerprint density at radius 1 is 0.310 bits per heavy atom. The van der Waals surface area contributed by atoms with E-state index < -0.39 is 5.41 Å². The Labute approximate surface area is 422 Å². The van der Waals surface area contributed by atoms with Gasteiger partial charge in [0.1, 0.15) is 0 Å². The maximum absolute atomic E-state index is 2.57. The minimum atomic E-state index is -0.452. The molecule has 350 valence electrons. The SMILES string of the molecule is CC(C)(C)c1ccc2c(c1)C1(c3ccccc3-c3ccccc31)c1cc(C(C)(C)C)cc(-c3ccc(N(c4ccc(-c5ccccc5C(C)(C)C)cc4)c4ccc5c(c4)C(C)(C)c4ccccc4-5)cc3)c1-2. The molecule has 0 saturated carbocycles. The molecule has 0 radical (unpaired) electrons. The molecule has 0 heterocycles. The third-order valence-electron chi connectivity index (χ3n) is 16.4. The van der Waals surface area contributed by atoms with Gasteiger partial charge < -0.3 is 4.90 Å². The second-order valence-corrected chi connectivity index (χ2v) is 24.2. The van der Waals surface area contributed by atoms with Crippen LogP contribution in [0.25, 0.3) is 55.6 Å². The van der Waals surface area contributed by atoms with Gasteiger partial charge in [0.2, 0.25) is 0 Å². The highest BCUT2D eigenvalue weighted by Crippen LogP contribution is 2.65. The molecular weight excluding hydrogens is 855 g/mol. The van der Waals surface area contributed by atoms with Crippen LogP contribution in [-0.4, -0.2) is 0 Å². The smallest absolute Gasteiger partial charge is 0.0725 e. The second kappa shape index (κ2) is 15.6. The molecule has 0 amide bonds. The lowest BCUT2D eigenvalue weighted by Gasteiger charge is -2.33. The van der Waals surface area contributed by atoms with Crippen LogP contribution in [0.3, 0.4) is 0 Å². The number of anilines is 3. The Morgan fingerprint density at radius 3 is 1.32 bits per heavy atom. The maximum Gasteiger partial charge on any atom is 0.0725 e. The lowest BCUT2D eigenvalue weighted by Crippen LogP contribution is -2.27. The average molecular weight is 920 g/mol. The van der Waals surface area contributed by atoms with Gasteiger partial charge in [-0.15, -0.1) is 0 Å². The van der Waals surface area contributed by atoms with Crippen molar-refractivity contribution in [1.82, 2.24) is 0 Å². The molecule has 0 bridgehead atoms. The Bertz CT molecular complexity index is 3550. The van der Waals surface area contributed by atoms with Gasteiger partial charge in [0.05, 0.1) is 5.41 Å². The fraction of sp³-hybridized carbons (Fsp3) is 0.229. The van der Waals surface area contributed by atoms with Crippen molar-refractivity contribution < 1.29 is 0 Å². The first kappa shape index (κ1) is 45.0. The number of benzene rings is 9. The van der Waals surface area contributed by atoms with Crippen molar-refractivity contribution in [2.24, 2.45) is 0 Å². The minimum absolute atomic E-state index is 0.0143. The summed E-state index contributed by atoms with van der Waals surface area (Å²) in [6.07, 6.45) is 0. The fourth-order valence-electron chi connectivity index (χ4n) is 12.6. The highest BCUT2D eigenvalue weighted by Gasteiger charge is 2.53. The first-order valence-electron chi connectivity index (χ1n) is 25.8. The summed E-state index contributed by atoms with van der Waals surface area (Å²) < 4.78 is 0. The van der Waals surface area contributed by atoms with E-state index in [1.54, 1.807) is 0 Å². The maximum atomic E-state index is 2.57. The van der Waals surface area contributed by atoms with Crippen LogP contribution in [-0.2, 0) is 27.1 Å². The van der Waals surface area contributed by atoms with Crippen molar-refractivity contribution >= 4 is 17.1 Å². The van der Waals surface area contributed by atoms with E-state index in [4.69, 9.17) is 0 Å². The van der Waals surface area contributed by atoms with Gasteiger partial charge in [-0.25, -0.2) is 0 Å². The largest absolute Gasteiger partial charge is 0.310 e. The highest BCUT2D eigenvalue weighted by molar-refractivity contribution is 6.01. The summed E-state index contributed by atoms with van der Waals surface area (Å²) in [4.78, 5) is 2.46. The topological polar surface area (TPSA) is 3.24 Å². The lowest BCUT2D eigenvalue weighted by molar-refractivity contribution is 0.586. The van der Waals surface area contributed by atoms with Crippen LogP contribution >= 0.6 is 0 Å². The second-order valence-electron chi connectivity index (χ2n) is 24.2. The zero-order chi connectivity index (χ0) is 49.4. The molecule has 9 aromatic carbocycles. The molecule has 0 aromatic heterocycles. The third-order valence-corrected chi connectivity index (χ3v) is 16.4. The van der Waals surface area contributed by atoms with Crippen LogP contribution in [0.5, 0.6) is 0 Å². The van der Waals surface area contributed by atoms with E-state index in [2.05, 4.69) is 275 Å². The van der Waals surface area contributed by atoms with Gasteiger partial charge >= 0.3 is 0 Å². The molecule has 0 atom stereocenters. The summed E-state index contributed by atoms with van der Waals surface area (Å²) >= 11 is 0. The minimum Gasteiger partial charge on any atom is -0.310 e. The molecule has 71 heavy (non-hydrogen) atoms. The molecule has 1 nitrogen and oxygen atoms in total. The van der Waals surface area contributed by atoms with Crippen molar-refractivity contribution in [2.75, 3.05) is 4.90 Å². The summed E-state index contributed by atoms with van der Waals surface area (Å²) in [6.45, 7) is 25.8. The molecule has 0 N–H and O–H groups in total. The van der Waals surface area contributed by atoms with Gasteiger partial charge in [-0.05, 0) is 164 Å². The molecule has 0 fully saturated rings. The zero-order valence-corrected chi connectivity index (χ0v) is 43.4. The van der Waals surface area contributed by atoms with Crippen molar-refractivity contribution in [1.29, 1.82) is 0 Å². The molecular formula is C70H65N. The van der Waals surface area contributed by atoms with Crippen molar-refractivity contribution in [2.45, 2.75) is 103 Å². The van der Waals surface area contributed by atoms with Gasteiger partial charge in [0.25, 0.3) is 0 Å². The van der Waals surface area contributed by atoms with Crippen LogP contribution < -0.4 is 4.90 Å². The van der Waals surface area contributed by atoms with E-state index in [1.165, 1.54) is 106 Å². The lowest BCUT2D eigenvalue weighted by atomic mass is 9.68. The standard InChI is InChI=1S/C70H65N/c1-66(2,3)46-32-38-56-63(41-46)70(60-26-18-14-22-53(60)54-23-15-19-27-61(54)70)64-42-47(67(4,5)6)40-57(65(56)64)45-30-35-49(36-31-45)71(48-33-28-44(29-34-48)51-20-12-16-24-58(51)68(7,8)9)50-37-39-55-52-21-13-17-25-59(52)69(10,11)62(55)43-50/h12-43H,1-11H3. The van der Waals surface area contributed by atoms with E-state index >= 15 is 0 Å². The number of hydrogen-bond acceptors (Lipinski definition) is 1. The Hall–Kier alpha value is -7.22. The van der Waals surface area contributed by atoms with Crippen molar-refractivity contribution in [3.8, 4) is 55.6 Å². The summed E-state index contributed by atoms with van der Waals surface area (Å²) in [5, 5.41) is 0. The first-order valence-corrected chi connectivity index (χ1v) is 25.8. The molecule has 12 rings (SSSR count). The predicted octanol–water partition coefficient (Wildman–Crippen LogP) is 19.0. The number of rotatable bonds is 5. The van der Waals surface area contributed by atoms with Crippen molar-refractivity contribution in [3.05, 3.63) is 244 Å². The Kier molecular flexibility index (Phi) is 9.90.